The van der Waals surface area contributed by atoms with Crippen LogP contribution in [-0.2, 0) is 6.42 Å². The Kier molecular flexibility index (Phi) is 3.25. The Morgan fingerprint density at radius 3 is 2.89 bits per heavy atom. The molecule has 0 radical (unpaired) electrons. The summed E-state index contributed by atoms with van der Waals surface area (Å²) in [5.41, 5.74) is 8.77. The van der Waals surface area contributed by atoms with Crippen molar-refractivity contribution < 1.29 is 0 Å². The van der Waals surface area contributed by atoms with E-state index in [2.05, 4.69) is 21.2 Å². The van der Waals surface area contributed by atoms with E-state index in [1.54, 1.807) is 0 Å². The molecule has 3 N–H and O–H groups in total. The molecular weight excluding hydrogens is 260 g/mol. The van der Waals surface area contributed by atoms with E-state index < -0.39 is 0 Å². The normalized spacial score (nSPS) is 11.4. The predicted molar refractivity (Wildman–Crippen MR) is 79.5 cm³/mol. The summed E-state index contributed by atoms with van der Waals surface area (Å²) in [5, 5.41) is 9.59. The Morgan fingerprint density at radius 1 is 1.21 bits per heavy atom. The maximum absolute atomic E-state index is 5.98. The Labute approximate surface area is 116 Å². The van der Waals surface area contributed by atoms with Gasteiger partial charge >= 0.3 is 0 Å². The summed E-state index contributed by atoms with van der Waals surface area (Å²) >= 11 is 5.72. The SMILES string of the molecule is Nc1nc2ccccc2c2c(CCCCCl)[nH]nc12. The molecule has 19 heavy (non-hydrogen) atoms. The van der Waals surface area contributed by atoms with E-state index in [-0.39, 0.29) is 0 Å². The molecule has 0 fully saturated rings. The summed E-state index contributed by atoms with van der Waals surface area (Å²) in [5.74, 6) is 1.17. The van der Waals surface area contributed by atoms with Gasteiger partial charge in [-0.2, -0.15) is 5.10 Å². The third-order valence-corrected chi connectivity index (χ3v) is 3.58. The third-order valence-electron chi connectivity index (χ3n) is 3.31. The van der Waals surface area contributed by atoms with Gasteiger partial charge < -0.3 is 5.73 Å². The fourth-order valence-corrected chi connectivity index (χ4v) is 2.58. The van der Waals surface area contributed by atoms with E-state index in [1.807, 2.05) is 18.2 Å². The van der Waals surface area contributed by atoms with Crippen molar-refractivity contribution in [2.75, 3.05) is 11.6 Å². The zero-order valence-corrected chi connectivity index (χ0v) is 11.2. The number of benzene rings is 1. The lowest BCUT2D eigenvalue weighted by molar-refractivity contribution is 0.780. The highest BCUT2D eigenvalue weighted by molar-refractivity contribution is 6.17. The molecule has 0 saturated carbocycles. The van der Waals surface area contributed by atoms with Crippen LogP contribution in [0.1, 0.15) is 18.5 Å². The molecule has 3 aromatic rings. The molecule has 0 aliphatic rings. The van der Waals surface area contributed by atoms with E-state index in [4.69, 9.17) is 17.3 Å². The van der Waals surface area contributed by atoms with Gasteiger partial charge in [-0.15, -0.1) is 11.6 Å². The number of aryl methyl sites for hydroxylation is 1. The standard InChI is InChI=1S/C14H15ClN4/c15-8-4-3-7-11-12-9-5-1-2-6-10(9)17-14(16)13(12)19-18-11/h1-2,5-6H,3-4,7-8H2,(H2,16,17)(H,18,19). The number of H-pyrrole nitrogens is 1. The number of alkyl halides is 1. The first-order chi connectivity index (χ1) is 9.31. The predicted octanol–water partition coefficient (Wildman–Crippen LogP) is 3.25. The Balaban J connectivity index is 2.18. The maximum Gasteiger partial charge on any atom is 0.152 e. The van der Waals surface area contributed by atoms with Crippen LogP contribution >= 0.6 is 11.6 Å². The van der Waals surface area contributed by atoms with E-state index in [9.17, 15) is 0 Å². The molecule has 0 spiro atoms. The zero-order valence-electron chi connectivity index (χ0n) is 10.5. The minimum Gasteiger partial charge on any atom is -0.382 e. The number of rotatable bonds is 4. The van der Waals surface area contributed by atoms with Crippen molar-refractivity contribution in [3.8, 4) is 0 Å². The Hall–Kier alpha value is -1.81. The molecule has 0 amide bonds. The maximum atomic E-state index is 5.98. The van der Waals surface area contributed by atoms with E-state index in [0.29, 0.717) is 11.7 Å². The lowest BCUT2D eigenvalue weighted by Crippen LogP contribution is -1.93. The Morgan fingerprint density at radius 2 is 2.05 bits per heavy atom. The zero-order chi connectivity index (χ0) is 13.2. The third kappa shape index (κ3) is 2.12. The topological polar surface area (TPSA) is 67.6 Å². The summed E-state index contributed by atoms with van der Waals surface area (Å²) in [7, 11) is 0. The van der Waals surface area contributed by atoms with Crippen LogP contribution in [0.2, 0.25) is 0 Å². The summed E-state index contributed by atoms with van der Waals surface area (Å²) in [6, 6.07) is 8.01. The molecule has 3 rings (SSSR count). The van der Waals surface area contributed by atoms with Gasteiger partial charge in [-0.05, 0) is 25.3 Å². The van der Waals surface area contributed by atoms with Crippen LogP contribution < -0.4 is 5.73 Å². The number of nitrogens with one attached hydrogen (secondary N) is 1. The largest absolute Gasteiger partial charge is 0.382 e. The number of para-hydroxylation sites is 1. The van der Waals surface area contributed by atoms with Crippen LogP contribution in [0.25, 0.3) is 21.8 Å². The first-order valence-corrected chi connectivity index (χ1v) is 6.92. The van der Waals surface area contributed by atoms with Gasteiger partial charge in [0.1, 0.15) is 5.52 Å². The van der Waals surface area contributed by atoms with Crippen molar-refractivity contribution in [2.45, 2.75) is 19.3 Å². The fraction of sp³-hybridized carbons (Fsp3) is 0.286. The molecule has 0 atom stereocenters. The van der Waals surface area contributed by atoms with Gasteiger partial charge in [0.2, 0.25) is 0 Å². The van der Waals surface area contributed by atoms with Crippen molar-refractivity contribution >= 4 is 39.2 Å². The number of aromatic amines is 1. The van der Waals surface area contributed by atoms with Crippen LogP contribution in [0.5, 0.6) is 0 Å². The molecular formula is C14H15ClN4. The average molecular weight is 275 g/mol. The lowest BCUT2D eigenvalue weighted by Gasteiger charge is -2.03. The number of unbranched alkanes of at least 4 members (excludes halogenated alkanes) is 1. The first kappa shape index (κ1) is 12.2. The number of nitrogen functional groups attached to an aromatic ring is 1. The van der Waals surface area contributed by atoms with Crippen LogP contribution in [0.3, 0.4) is 0 Å². The van der Waals surface area contributed by atoms with Crippen molar-refractivity contribution in [3.63, 3.8) is 0 Å². The van der Waals surface area contributed by atoms with Crippen molar-refractivity contribution in [2.24, 2.45) is 0 Å². The highest BCUT2D eigenvalue weighted by Crippen LogP contribution is 2.29. The summed E-state index contributed by atoms with van der Waals surface area (Å²) in [6.45, 7) is 0. The van der Waals surface area contributed by atoms with Crippen molar-refractivity contribution in [1.29, 1.82) is 0 Å². The molecule has 98 valence electrons. The molecule has 0 bridgehead atoms. The smallest absolute Gasteiger partial charge is 0.152 e. The van der Waals surface area contributed by atoms with Crippen molar-refractivity contribution in [1.82, 2.24) is 15.2 Å². The second-order valence-corrected chi connectivity index (χ2v) is 4.96. The summed E-state index contributed by atoms with van der Waals surface area (Å²) in [6.07, 6.45) is 2.97. The van der Waals surface area contributed by atoms with Gasteiger partial charge in [-0.3, -0.25) is 5.10 Å². The number of hydrogen-bond acceptors (Lipinski definition) is 3. The van der Waals surface area contributed by atoms with E-state index in [1.165, 1.54) is 0 Å². The average Bonchev–Trinajstić information content (AvgIpc) is 2.84. The monoisotopic (exact) mass is 274 g/mol. The number of halogens is 1. The minimum absolute atomic E-state index is 0.480. The van der Waals surface area contributed by atoms with Gasteiger partial charge in [0.15, 0.2) is 5.82 Å². The molecule has 0 unspecified atom stereocenters. The number of pyridine rings is 1. The van der Waals surface area contributed by atoms with Crippen LogP contribution in [0.4, 0.5) is 5.82 Å². The summed E-state index contributed by atoms with van der Waals surface area (Å²) < 4.78 is 0. The molecule has 1 aromatic carbocycles. The number of fused-ring (bicyclic) bond motifs is 3. The number of aromatic nitrogens is 3. The van der Waals surface area contributed by atoms with Gasteiger partial charge in [0.25, 0.3) is 0 Å². The lowest BCUT2D eigenvalue weighted by atomic mass is 10.1. The van der Waals surface area contributed by atoms with Gasteiger partial charge in [-0.1, -0.05) is 18.2 Å². The highest BCUT2D eigenvalue weighted by atomic mass is 35.5. The fourth-order valence-electron chi connectivity index (χ4n) is 2.40. The second kappa shape index (κ2) is 5.05. The van der Waals surface area contributed by atoms with Crippen LogP contribution in [0.15, 0.2) is 24.3 Å². The van der Waals surface area contributed by atoms with Crippen LogP contribution in [0, 0.1) is 0 Å². The van der Waals surface area contributed by atoms with Gasteiger partial charge in [0, 0.05) is 22.3 Å². The molecule has 2 heterocycles. The van der Waals surface area contributed by atoms with E-state index in [0.717, 1.165) is 46.8 Å². The van der Waals surface area contributed by atoms with E-state index >= 15 is 0 Å². The quantitative estimate of drug-likeness (QED) is 0.567. The molecule has 0 aliphatic carbocycles. The summed E-state index contributed by atoms with van der Waals surface area (Å²) in [4.78, 5) is 4.39. The second-order valence-electron chi connectivity index (χ2n) is 4.59. The van der Waals surface area contributed by atoms with Crippen LogP contribution in [-0.4, -0.2) is 21.1 Å². The highest BCUT2D eigenvalue weighted by Gasteiger charge is 2.13. The first-order valence-electron chi connectivity index (χ1n) is 6.38. The number of nitrogens with two attached hydrogens (primary N) is 1. The number of hydrogen-bond donors (Lipinski definition) is 2. The number of nitrogens with zero attached hydrogens (tertiary/aromatic N) is 2. The Bertz CT molecular complexity index is 720. The van der Waals surface area contributed by atoms with Gasteiger partial charge in [-0.25, -0.2) is 4.98 Å². The molecule has 0 saturated heterocycles. The molecule has 4 nitrogen and oxygen atoms in total. The molecule has 2 aromatic heterocycles. The van der Waals surface area contributed by atoms with Crippen molar-refractivity contribution in [3.05, 3.63) is 30.0 Å². The number of anilines is 1. The minimum atomic E-state index is 0.480. The molecule has 0 aliphatic heterocycles. The van der Waals surface area contributed by atoms with Gasteiger partial charge in [0.05, 0.1) is 5.52 Å². The molecule has 5 heteroatoms.